The molecular formula is C8H8N8O. The van der Waals surface area contributed by atoms with Crippen LogP contribution in [0.4, 0.5) is 5.82 Å². The van der Waals surface area contributed by atoms with Crippen LogP contribution in [-0.4, -0.2) is 41.9 Å². The highest BCUT2D eigenvalue weighted by atomic mass is 16.5. The number of anilines is 1. The van der Waals surface area contributed by atoms with Gasteiger partial charge in [-0.3, -0.25) is 0 Å². The largest absolute Gasteiger partial charge is 0.368 e. The molecule has 0 bridgehead atoms. The van der Waals surface area contributed by atoms with Crippen molar-refractivity contribution in [3.8, 4) is 0 Å². The van der Waals surface area contributed by atoms with Gasteiger partial charge >= 0.3 is 0 Å². The van der Waals surface area contributed by atoms with Crippen LogP contribution in [0.5, 0.6) is 0 Å². The maximum atomic E-state index is 4.63. The fourth-order valence-corrected chi connectivity index (χ4v) is 1.35. The average Bonchev–Trinajstić information content (AvgIpc) is 2.98. The summed E-state index contributed by atoms with van der Waals surface area (Å²) in [6, 6.07) is 3.59. The molecular weight excluding hydrogens is 224 g/mol. The molecule has 0 saturated carbocycles. The fraction of sp³-hybridized carbons (Fsp3) is 0.250. The van der Waals surface area contributed by atoms with E-state index in [1.54, 1.807) is 6.07 Å². The average molecular weight is 232 g/mol. The maximum Gasteiger partial charge on any atom is 0.213 e. The number of nitrogens with one attached hydrogen (secondary N) is 1. The molecule has 3 aromatic rings. The molecule has 17 heavy (non-hydrogen) atoms. The van der Waals surface area contributed by atoms with E-state index in [0.717, 1.165) is 0 Å². The third kappa shape index (κ3) is 2.02. The Hall–Kier alpha value is -2.58. The zero-order valence-corrected chi connectivity index (χ0v) is 8.69. The van der Waals surface area contributed by atoms with Gasteiger partial charge in [0.15, 0.2) is 11.5 Å². The van der Waals surface area contributed by atoms with Gasteiger partial charge in [0.2, 0.25) is 6.39 Å². The van der Waals surface area contributed by atoms with Crippen LogP contribution >= 0.6 is 0 Å². The number of hydrogen-bond donors (Lipinski definition) is 1. The molecule has 0 aromatic carbocycles. The predicted octanol–water partition coefficient (Wildman–Crippen LogP) is -0.443. The van der Waals surface area contributed by atoms with Gasteiger partial charge in [-0.15, -0.1) is 14.8 Å². The van der Waals surface area contributed by atoms with Crippen molar-refractivity contribution in [2.24, 2.45) is 0 Å². The van der Waals surface area contributed by atoms with Crippen LogP contribution in [0.25, 0.3) is 5.65 Å². The van der Waals surface area contributed by atoms with Crippen molar-refractivity contribution < 1.29 is 4.52 Å². The molecule has 0 saturated heterocycles. The number of nitrogens with zero attached hydrogens (tertiary/aromatic N) is 7. The predicted molar refractivity (Wildman–Crippen MR) is 55.1 cm³/mol. The zero-order valence-electron chi connectivity index (χ0n) is 8.69. The monoisotopic (exact) mass is 232 g/mol. The van der Waals surface area contributed by atoms with Gasteiger partial charge in [-0.1, -0.05) is 5.16 Å². The highest BCUT2D eigenvalue weighted by molar-refractivity contribution is 5.41. The van der Waals surface area contributed by atoms with Crippen molar-refractivity contribution >= 4 is 11.5 Å². The second-order valence-electron chi connectivity index (χ2n) is 3.27. The van der Waals surface area contributed by atoms with Crippen LogP contribution in [0, 0.1) is 0 Å². The van der Waals surface area contributed by atoms with Crippen LogP contribution in [0.3, 0.4) is 0 Å². The van der Waals surface area contributed by atoms with Gasteiger partial charge in [0.25, 0.3) is 0 Å². The lowest BCUT2D eigenvalue weighted by Gasteiger charge is -2.02. The van der Waals surface area contributed by atoms with E-state index in [-0.39, 0.29) is 0 Å². The van der Waals surface area contributed by atoms with Crippen molar-refractivity contribution in [1.29, 1.82) is 0 Å². The number of fused-ring (bicyclic) bond motifs is 1. The van der Waals surface area contributed by atoms with E-state index < -0.39 is 0 Å². The first kappa shape index (κ1) is 9.63. The van der Waals surface area contributed by atoms with E-state index in [1.165, 1.54) is 11.0 Å². The van der Waals surface area contributed by atoms with Gasteiger partial charge in [-0.05, 0) is 22.6 Å². The summed E-state index contributed by atoms with van der Waals surface area (Å²) in [7, 11) is 0. The molecule has 0 atom stereocenters. The van der Waals surface area contributed by atoms with E-state index in [1.807, 2.05) is 6.07 Å². The second kappa shape index (κ2) is 4.12. The second-order valence-corrected chi connectivity index (χ2v) is 3.27. The van der Waals surface area contributed by atoms with Gasteiger partial charge in [0.1, 0.15) is 5.82 Å². The van der Waals surface area contributed by atoms with Crippen LogP contribution in [-0.2, 0) is 6.42 Å². The number of hydrogen-bond acceptors (Lipinski definition) is 8. The molecule has 0 unspecified atom stereocenters. The lowest BCUT2D eigenvalue weighted by atomic mass is 10.4. The molecule has 9 heteroatoms. The summed E-state index contributed by atoms with van der Waals surface area (Å²) in [5, 5.41) is 21.9. The van der Waals surface area contributed by atoms with Gasteiger partial charge in [-0.2, -0.15) is 4.98 Å². The normalized spacial score (nSPS) is 10.8. The Morgan fingerprint density at radius 3 is 3.24 bits per heavy atom. The Labute approximate surface area is 94.8 Å². The third-order valence-electron chi connectivity index (χ3n) is 2.13. The molecule has 0 aliphatic carbocycles. The summed E-state index contributed by atoms with van der Waals surface area (Å²) in [6.07, 6.45) is 1.96. The SMILES string of the molecule is c1nc(CCNc2ccc3nnnn3n2)no1. The highest BCUT2D eigenvalue weighted by Gasteiger charge is 2.01. The quantitative estimate of drug-likeness (QED) is 0.644. The van der Waals surface area contributed by atoms with Crippen molar-refractivity contribution in [2.45, 2.75) is 6.42 Å². The molecule has 0 spiro atoms. The number of aromatic nitrogens is 7. The maximum absolute atomic E-state index is 4.63. The smallest absolute Gasteiger partial charge is 0.213 e. The third-order valence-corrected chi connectivity index (χ3v) is 2.13. The molecule has 0 aliphatic heterocycles. The van der Waals surface area contributed by atoms with Crippen LogP contribution in [0.15, 0.2) is 23.0 Å². The Morgan fingerprint density at radius 1 is 1.35 bits per heavy atom. The molecule has 1 N–H and O–H groups in total. The fourth-order valence-electron chi connectivity index (χ4n) is 1.35. The number of rotatable bonds is 4. The van der Waals surface area contributed by atoms with Crippen LogP contribution in [0.1, 0.15) is 5.82 Å². The van der Waals surface area contributed by atoms with Crippen molar-refractivity contribution in [3.05, 3.63) is 24.4 Å². The highest BCUT2D eigenvalue weighted by Crippen LogP contribution is 2.03. The van der Waals surface area contributed by atoms with Crippen molar-refractivity contribution in [3.63, 3.8) is 0 Å². The molecule has 3 rings (SSSR count). The summed E-state index contributed by atoms with van der Waals surface area (Å²) in [4.78, 5) is 3.91. The summed E-state index contributed by atoms with van der Waals surface area (Å²) in [5.41, 5.74) is 0.605. The number of tetrazole rings is 1. The summed E-state index contributed by atoms with van der Waals surface area (Å²) in [5.74, 6) is 1.34. The minimum absolute atomic E-state index is 0.605. The summed E-state index contributed by atoms with van der Waals surface area (Å²) < 4.78 is 5.99. The lowest BCUT2D eigenvalue weighted by molar-refractivity contribution is 0.410. The van der Waals surface area contributed by atoms with E-state index in [4.69, 9.17) is 0 Å². The van der Waals surface area contributed by atoms with Crippen molar-refractivity contribution in [2.75, 3.05) is 11.9 Å². The first-order valence-corrected chi connectivity index (χ1v) is 4.96. The molecule has 9 nitrogen and oxygen atoms in total. The van der Waals surface area contributed by atoms with Gasteiger partial charge < -0.3 is 9.84 Å². The minimum atomic E-state index is 0.605. The molecule has 86 valence electrons. The summed E-state index contributed by atoms with van der Waals surface area (Å²) in [6.45, 7) is 0.653. The standard InChI is InChI=1S/C8H8N8O/c1-2-8-11-14-15-16(8)12-6(1)9-4-3-7-10-5-17-13-7/h1-2,5H,3-4H2,(H,9,12). The van der Waals surface area contributed by atoms with E-state index in [2.05, 4.69) is 40.6 Å². The topological polar surface area (TPSA) is 107 Å². The summed E-state index contributed by atoms with van der Waals surface area (Å²) >= 11 is 0. The molecule has 0 fully saturated rings. The lowest BCUT2D eigenvalue weighted by Crippen LogP contribution is -2.09. The Balaban J connectivity index is 1.64. The van der Waals surface area contributed by atoms with E-state index in [0.29, 0.717) is 30.3 Å². The van der Waals surface area contributed by atoms with Gasteiger partial charge in [-0.25, -0.2) is 0 Å². The van der Waals surface area contributed by atoms with Gasteiger partial charge in [0, 0.05) is 13.0 Å². The molecule has 0 amide bonds. The Bertz CT molecular complexity index is 603. The van der Waals surface area contributed by atoms with E-state index >= 15 is 0 Å². The van der Waals surface area contributed by atoms with Crippen molar-refractivity contribution in [1.82, 2.24) is 35.4 Å². The zero-order chi connectivity index (χ0) is 11.5. The van der Waals surface area contributed by atoms with E-state index in [9.17, 15) is 0 Å². The Kier molecular flexibility index (Phi) is 2.33. The van der Waals surface area contributed by atoms with Crippen LogP contribution < -0.4 is 5.32 Å². The van der Waals surface area contributed by atoms with Gasteiger partial charge in [0.05, 0.1) is 0 Å². The molecule has 0 aliphatic rings. The first-order valence-electron chi connectivity index (χ1n) is 4.96. The first-order chi connectivity index (χ1) is 8.42. The minimum Gasteiger partial charge on any atom is -0.368 e. The molecule has 3 aromatic heterocycles. The molecule has 3 heterocycles. The molecule has 0 radical (unpaired) electrons. The Morgan fingerprint density at radius 2 is 2.35 bits per heavy atom. The van der Waals surface area contributed by atoms with Crippen LogP contribution in [0.2, 0.25) is 0 Å².